The molecule has 3 heteroatoms. The molecule has 4 rings (SSSR count). The molecule has 0 spiro atoms. The molecule has 0 amide bonds. The van der Waals surface area contributed by atoms with Crippen LogP contribution in [-0.4, -0.2) is 15.3 Å². The fourth-order valence-corrected chi connectivity index (χ4v) is 2.50. The molecular formula is C22H23ClN2. The summed E-state index contributed by atoms with van der Waals surface area (Å²) in [7, 11) is 0. The Hall–Kier alpha value is -2.58. The van der Waals surface area contributed by atoms with Gasteiger partial charge in [-0.2, -0.15) is 0 Å². The minimum Gasteiger partial charge on any atom is -0.351 e. The molecule has 0 radical (unpaired) electrons. The summed E-state index contributed by atoms with van der Waals surface area (Å²) in [4.78, 5) is 6.42. The van der Waals surface area contributed by atoms with Gasteiger partial charge >= 0.3 is 0 Å². The van der Waals surface area contributed by atoms with Crippen LogP contribution in [0.3, 0.4) is 0 Å². The molecule has 0 fully saturated rings. The number of nitrogens with one attached hydrogen (secondary N) is 1. The van der Waals surface area contributed by atoms with Gasteiger partial charge in [-0.3, -0.25) is 0 Å². The van der Waals surface area contributed by atoms with Crippen molar-refractivity contribution in [1.82, 2.24) is 9.97 Å². The van der Waals surface area contributed by atoms with Crippen LogP contribution >= 0.6 is 11.6 Å². The Morgan fingerprint density at radius 3 is 2.08 bits per heavy atom. The third-order valence-electron chi connectivity index (χ3n) is 3.52. The van der Waals surface area contributed by atoms with Gasteiger partial charge in [0.25, 0.3) is 0 Å². The van der Waals surface area contributed by atoms with Crippen LogP contribution in [0.1, 0.15) is 12.0 Å². The van der Waals surface area contributed by atoms with E-state index in [1.165, 1.54) is 11.1 Å². The highest BCUT2D eigenvalue weighted by molar-refractivity contribution is 6.22. The number of rotatable bonds is 2. The minimum atomic E-state index is 0.181. The zero-order valence-electron chi connectivity index (χ0n) is 14.1. The van der Waals surface area contributed by atoms with Gasteiger partial charge < -0.3 is 4.98 Å². The quantitative estimate of drug-likeness (QED) is 0.579. The lowest BCUT2D eigenvalue weighted by molar-refractivity contribution is 0.919. The van der Waals surface area contributed by atoms with Crippen molar-refractivity contribution in [3.63, 3.8) is 0 Å². The van der Waals surface area contributed by atoms with E-state index in [1.54, 1.807) is 18.7 Å². The van der Waals surface area contributed by atoms with Gasteiger partial charge in [0.1, 0.15) is 0 Å². The average molecular weight is 351 g/mol. The van der Waals surface area contributed by atoms with Crippen LogP contribution in [0, 0.1) is 0 Å². The number of H-pyrrole nitrogens is 1. The number of benzene rings is 2. The second-order valence-corrected chi connectivity index (χ2v) is 5.98. The summed E-state index contributed by atoms with van der Waals surface area (Å²) < 4.78 is 0. The standard InChI is InChI=1S/C13H13Cl.C6H6.C3H4N2/c14-13-9-5-4-8-12(13)10-11-6-2-1-3-7-11;1-2-4-6-5-3-1;1-2-5-3-4-1/h1-8,13H,9-10H2;1-6H;1-3H,(H,4,5). The molecule has 1 heterocycles. The van der Waals surface area contributed by atoms with E-state index < -0.39 is 0 Å². The number of alkyl halides is 1. The molecule has 0 saturated heterocycles. The first kappa shape index (κ1) is 18.8. The van der Waals surface area contributed by atoms with Gasteiger partial charge in [0.2, 0.25) is 0 Å². The van der Waals surface area contributed by atoms with Gasteiger partial charge in [0, 0.05) is 12.4 Å². The zero-order chi connectivity index (χ0) is 17.6. The van der Waals surface area contributed by atoms with Crippen LogP contribution in [0.5, 0.6) is 0 Å². The number of hydrogen-bond acceptors (Lipinski definition) is 1. The largest absolute Gasteiger partial charge is 0.351 e. The molecule has 2 aromatic carbocycles. The number of imidazole rings is 1. The van der Waals surface area contributed by atoms with Crippen molar-refractivity contribution in [1.29, 1.82) is 0 Å². The van der Waals surface area contributed by atoms with Crippen molar-refractivity contribution in [2.45, 2.75) is 18.2 Å². The van der Waals surface area contributed by atoms with Crippen molar-refractivity contribution >= 4 is 11.6 Å². The molecule has 3 aromatic rings. The second-order valence-electron chi connectivity index (χ2n) is 5.45. The van der Waals surface area contributed by atoms with Crippen molar-refractivity contribution < 1.29 is 0 Å². The van der Waals surface area contributed by atoms with Crippen LogP contribution in [-0.2, 0) is 6.42 Å². The van der Waals surface area contributed by atoms with Gasteiger partial charge in [-0.25, -0.2) is 4.98 Å². The Balaban J connectivity index is 0.000000167. The van der Waals surface area contributed by atoms with Crippen molar-refractivity contribution in [2.75, 3.05) is 0 Å². The highest BCUT2D eigenvalue weighted by Gasteiger charge is 2.11. The van der Waals surface area contributed by atoms with E-state index in [2.05, 4.69) is 52.5 Å². The molecule has 1 aliphatic carbocycles. The van der Waals surface area contributed by atoms with E-state index in [0.29, 0.717) is 0 Å². The van der Waals surface area contributed by atoms with Crippen LogP contribution in [0.4, 0.5) is 0 Å². The van der Waals surface area contributed by atoms with Crippen LogP contribution < -0.4 is 0 Å². The zero-order valence-corrected chi connectivity index (χ0v) is 14.9. The predicted molar refractivity (Wildman–Crippen MR) is 107 cm³/mol. The van der Waals surface area contributed by atoms with E-state index in [4.69, 9.17) is 11.6 Å². The SMILES string of the molecule is ClC1CC=CC=C1Cc1ccccc1.c1c[nH]cn1.c1ccccc1. The summed E-state index contributed by atoms with van der Waals surface area (Å²) in [6.07, 6.45) is 13.4. The van der Waals surface area contributed by atoms with Gasteiger partial charge in [0.05, 0.1) is 11.7 Å². The number of halogens is 1. The molecular weight excluding hydrogens is 328 g/mol. The maximum absolute atomic E-state index is 6.21. The topological polar surface area (TPSA) is 28.7 Å². The summed E-state index contributed by atoms with van der Waals surface area (Å²) in [5.74, 6) is 0. The van der Waals surface area contributed by atoms with E-state index in [1.807, 2.05) is 42.5 Å². The molecule has 0 saturated carbocycles. The molecule has 1 N–H and O–H groups in total. The summed E-state index contributed by atoms with van der Waals surface area (Å²) in [5.41, 5.74) is 2.65. The Kier molecular flexibility index (Phi) is 8.91. The molecule has 1 atom stereocenters. The number of aromatic nitrogens is 2. The third-order valence-corrected chi connectivity index (χ3v) is 3.97. The Bertz CT molecular complexity index is 675. The van der Waals surface area contributed by atoms with E-state index >= 15 is 0 Å². The monoisotopic (exact) mass is 350 g/mol. The van der Waals surface area contributed by atoms with Crippen molar-refractivity contribution in [3.8, 4) is 0 Å². The van der Waals surface area contributed by atoms with Crippen LogP contribution in [0.2, 0.25) is 0 Å². The van der Waals surface area contributed by atoms with Gasteiger partial charge in [-0.1, -0.05) is 85.0 Å². The van der Waals surface area contributed by atoms with E-state index in [0.717, 1.165) is 12.8 Å². The van der Waals surface area contributed by atoms with Crippen molar-refractivity contribution in [3.05, 3.63) is 115 Å². The predicted octanol–water partition coefficient (Wildman–Crippen LogP) is 5.82. The lowest BCUT2D eigenvalue weighted by Gasteiger charge is -2.15. The second kappa shape index (κ2) is 11.9. The average Bonchev–Trinajstić information content (AvgIpc) is 3.27. The maximum Gasteiger partial charge on any atom is 0.0919 e. The van der Waals surface area contributed by atoms with Gasteiger partial charge in [-0.05, 0) is 24.0 Å². The summed E-state index contributed by atoms with van der Waals surface area (Å²) in [6.45, 7) is 0. The van der Waals surface area contributed by atoms with Crippen molar-refractivity contribution in [2.24, 2.45) is 0 Å². The smallest absolute Gasteiger partial charge is 0.0919 e. The van der Waals surface area contributed by atoms with E-state index in [9.17, 15) is 0 Å². The molecule has 25 heavy (non-hydrogen) atoms. The molecule has 1 unspecified atom stereocenters. The normalized spacial score (nSPS) is 15.1. The fourth-order valence-electron chi connectivity index (χ4n) is 2.25. The van der Waals surface area contributed by atoms with E-state index in [-0.39, 0.29) is 5.38 Å². The molecule has 1 aliphatic rings. The van der Waals surface area contributed by atoms with Crippen LogP contribution in [0.15, 0.2) is 109 Å². The molecule has 1 aromatic heterocycles. The highest BCUT2D eigenvalue weighted by Crippen LogP contribution is 2.22. The first-order chi connectivity index (χ1) is 12.4. The first-order valence-electron chi connectivity index (χ1n) is 8.32. The maximum atomic E-state index is 6.21. The summed E-state index contributed by atoms with van der Waals surface area (Å²) in [6, 6.07) is 22.5. The van der Waals surface area contributed by atoms with Gasteiger partial charge in [-0.15, -0.1) is 11.6 Å². The minimum absolute atomic E-state index is 0.181. The number of aromatic amines is 1. The molecule has 2 nitrogen and oxygen atoms in total. The lowest BCUT2D eigenvalue weighted by atomic mass is 9.97. The first-order valence-corrected chi connectivity index (χ1v) is 8.76. The third kappa shape index (κ3) is 8.18. The number of hydrogen-bond donors (Lipinski definition) is 1. The number of nitrogens with zero attached hydrogens (tertiary/aromatic N) is 1. The number of allylic oxidation sites excluding steroid dienone is 4. The van der Waals surface area contributed by atoms with Gasteiger partial charge in [0.15, 0.2) is 0 Å². The molecule has 0 bridgehead atoms. The lowest BCUT2D eigenvalue weighted by Crippen LogP contribution is -2.07. The molecule has 0 aliphatic heterocycles. The molecule has 128 valence electrons. The Morgan fingerprint density at radius 1 is 0.960 bits per heavy atom. The summed E-state index contributed by atoms with van der Waals surface area (Å²) in [5, 5.41) is 0.181. The highest BCUT2D eigenvalue weighted by atomic mass is 35.5. The van der Waals surface area contributed by atoms with Crippen LogP contribution in [0.25, 0.3) is 0 Å². The fraction of sp³-hybridized carbons (Fsp3) is 0.136. The summed E-state index contributed by atoms with van der Waals surface area (Å²) >= 11 is 6.21. The Labute approximate surface area is 154 Å². The Morgan fingerprint density at radius 2 is 1.60 bits per heavy atom.